The van der Waals surface area contributed by atoms with E-state index in [9.17, 15) is 18.4 Å². The molecule has 2 amide bonds. The number of ether oxygens (including phenoxy) is 1. The number of benzene rings is 1. The van der Waals surface area contributed by atoms with E-state index in [2.05, 4.69) is 10.6 Å². The van der Waals surface area contributed by atoms with Crippen LogP contribution >= 0.6 is 0 Å². The standard InChI is InChI=1S/C17H24F2N2O3/c1-17(2,3)8-15(22)21-10-16(23)20-9-12-5-4-6-13(7-12)24-11-14(18)19/h4-7,14H,8-11H2,1-3H3,(H,20,23)(H,21,22). The molecular weight excluding hydrogens is 318 g/mol. The van der Waals surface area contributed by atoms with Crippen molar-refractivity contribution in [1.82, 2.24) is 10.6 Å². The van der Waals surface area contributed by atoms with Crippen molar-refractivity contribution >= 4 is 11.8 Å². The van der Waals surface area contributed by atoms with Crippen LogP contribution in [0, 0.1) is 5.41 Å². The molecule has 0 aliphatic carbocycles. The van der Waals surface area contributed by atoms with Crippen LogP contribution in [0.1, 0.15) is 32.8 Å². The lowest BCUT2D eigenvalue weighted by atomic mass is 9.92. The number of alkyl halides is 2. The van der Waals surface area contributed by atoms with Crippen molar-refractivity contribution in [3.8, 4) is 5.75 Å². The van der Waals surface area contributed by atoms with Crippen LogP contribution in [0.25, 0.3) is 0 Å². The molecule has 134 valence electrons. The van der Waals surface area contributed by atoms with Gasteiger partial charge in [-0.05, 0) is 23.1 Å². The van der Waals surface area contributed by atoms with Gasteiger partial charge in [-0.1, -0.05) is 32.9 Å². The fraction of sp³-hybridized carbons (Fsp3) is 0.529. The highest BCUT2D eigenvalue weighted by Crippen LogP contribution is 2.17. The Labute approximate surface area is 140 Å². The summed E-state index contributed by atoms with van der Waals surface area (Å²) in [6, 6.07) is 6.56. The SMILES string of the molecule is CC(C)(C)CC(=O)NCC(=O)NCc1cccc(OCC(F)F)c1. The molecule has 0 fully saturated rings. The Morgan fingerprint density at radius 1 is 1.17 bits per heavy atom. The molecule has 1 rings (SSSR count). The van der Waals surface area contributed by atoms with Crippen molar-refractivity contribution in [3.63, 3.8) is 0 Å². The van der Waals surface area contributed by atoms with E-state index in [1.54, 1.807) is 24.3 Å². The molecule has 0 radical (unpaired) electrons. The van der Waals surface area contributed by atoms with Crippen molar-refractivity contribution in [1.29, 1.82) is 0 Å². The van der Waals surface area contributed by atoms with Crippen LogP contribution in [0.15, 0.2) is 24.3 Å². The van der Waals surface area contributed by atoms with Gasteiger partial charge in [0.05, 0.1) is 6.54 Å². The lowest BCUT2D eigenvalue weighted by Gasteiger charge is -2.17. The molecule has 24 heavy (non-hydrogen) atoms. The highest BCUT2D eigenvalue weighted by atomic mass is 19.3. The molecule has 0 bridgehead atoms. The van der Waals surface area contributed by atoms with Crippen LogP contribution in [0.4, 0.5) is 8.78 Å². The fourth-order valence-corrected chi connectivity index (χ4v) is 1.89. The summed E-state index contributed by atoms with van der Waals surface area (Å²) in [4.78, 5) is 23.4. The number of rotatable bonds is 8. The van der Waals surface area contributed by atoms with Gasteiger partial charge in [0.25, 0.3) is 6.43 Å². The van der Waals surface area contributed by atoms with Crippen LogP contribution in [0.3, 0.4) is 0 Å². The zero-order valence-electron chi connectivity index (χ0n) is 14.2. The van der Waals surface area contributed by atoms with E-state index in [1.165, 1.54) is 0 Å². The molecule has 0 atom stereocenters. The molecule has 0 unspecified atom stereocenters. The number of hydrogen-bond acceptors (Lipinski definition) is 3. The van der Waals surface area contributed by atoms with Crippen LogP contribution < -0.4 is 15.4 Å². The molecule has 0 heterocycles. The molecule has 0 saturated heterocycles. The lowest BCUT2D eigenvalue weighted by molar-refractivity contribution is -0.127. The van der Waals surface area contributed by atoms with E-state index in [0.717, 1.165) is 5.56 Å². The second-order valence-electron chi connectivity index (χ2n) is 6.64. The number of amides is 2. The molecule has 0 aromatic heterocycles. The van der Waals surface area contributed by atoms with E-state index < -0.39 is 13.0 Å². The monoisotopic (exact) mass is 342 g/mol. The highest BCUT2D eigenvalue weighted by molar-refractivity contribution is 5.84. The van der Waals surface area contributed by atoms with Gasteiger partial charge in [0.2, 0.25) is 11.8 Å². The van der Waals surface area contributed by atoms with Crippen LogP contribution in [-0.4, -0.2) is 31.4 Å². The quantitative estimate of drug-likeness (QED) is 0.763. The number of carbonyl (C=O) groups excluding carboxylic acids is 2. The minimum Gasteiger partial charge on any atom is -0.488 e. The third-order valence-corrected chi connectivity index (χ3v) is 2.90. The minimum absolute atomic E-state index is 0.101. The van der Waals surface area contributed by atoms with Gasteiger partial charge in [-0.25, -0.2) is 8.78 Å². The van der Waals surface area contributed by atoms with E-state index >= 15 is 0 Å². The van der Waals surface area contributed by atoms with Crippen LogP contribution in [0.5, 0.6) is 5.75 Å². The molecule has 5 nitrogen and oxygen atoms in total. The summed E-state index contributed by atoms with van der Waals surface area (Å²) in [6.07, 6.45) is -2.20. The maximum absolute atomic E-state index is 12.1. The maximum atomic E-state index is 12.1. The van der Waals surface area contributed by atoms with Crippen LogP contribution in [0.2, 0.25) is 0 Å². The number of hydrogen-bond donors (Lipinski definition) is 2. The van der Waals surface area contributed by atoms with Gasteiger partial charge >= 0.3 is 0 Å². The lowest BCUT2D eigenvalue weighted by Crippen LogP contribution is -2.37. The molecule has 7 heteroatoms. The number of nitrogens with one attached hydrogen (secondary N) is 2. The largest absolute Gasteiger partial charge is 0.488 e. The van der Waals surface area contributed by atoms with Crippen molar-refractivity contribution < 1.29 is 23.1 Å². The van der Waals surface area contributed by atoms with E-state index in [4.69, 9.17) is 4.74 Å². The first-order chi connectivity index (χ1) is 11.2. The summed E-state index contributed by atoms with van der Waals surface area (Å²) >= 11 is 0. The second-order valence-corrected chi connectivity index (χ2v) is 6.64. The zero-order chi connectivity index (χ0) is 18.2. The third-order valence-electron chi connectivity index (χ3n) is 2.90. The van der Waals surface area contributed by atoms with Gasteiger partial charge in [0.1, 0.15) is 12.4 Å². The highest BCUT2D eigenvalue weighted by Gasteiger charge is 2.16. The molecule has 0 aliphatic rings. The van der Waals surface area contributed by atoms with E-state index in [1.807, 2.05) is 20.8 Å². The predicted molar refractivity (Wildman–Crippen MR) is 86.9 cm³/mol. The second kappa shape index (κ2) is 9.20. The zero-order valence-corrected chi connectivity index (χ0v) is 14.2. The summed E-state index contributed by atoms with van der Waals surface area (Å²) < 4.78 is 29.1. The Balaban J connectivity index is 2.36. The summed E-state index contributed by atoms with van der Waals surface area (Å²) in [5, 5.41) is 5.21. The Kier molecular flexibility index (Phi) is 7.61. The normalized spacial score (nSPS) is 11.2. The van der Waals surface area contributed by atoms with Gasteiger partial charge in [0, 0.05) is 13.0 Å². The number of halogens is 2. The Hall–Kier alpha value is -2.18. The molecule has 0 aliphatic heterocycles. The van der Waals surface area contributed by atoms with Gasteiger partial charge in [0.15, 0.2) is 0 Å². The molecule has 0 saturated carbocycles. The summed E-state index contributed by atoms with van der Waals surface area (Å²) in [7, 11) is 0. The summed E-state index contributed by atoms with van der Waals surface area (Å²) in [5.74, 6) is -0.184. The summed E-state index contributed by atoms with van der Waals surface area (Å²) in [6.45, 7) is 5.27. The first-order valence-electron chi connectivity index (χ1n) is 7.69. The maximum Gasteiger partial charge on any atom is 0.272 e. The van der Waals surface area contributed by atoms with Gasteiger partial charge in [-0.2, -0.15) is 0 Å². The Morgan fingerprint density at radius 2 is 1.88 bits per heavy atom. The third kappa shape index (κ3) is 9.07. The Morgan fingerprint density at radius 3 is 2.50 bits per heavy atom. The van der Waals surface area contributed by atoms with Gasteiger partial charge < -0.3 is 15.4 Å². The molecule has 1 aromatic rings. The van der Waals surface area contributed by atoms with Crippen molar-refractivity contribution in [2.75, 3.05) is 13.2 Å². The molecular formula is C17H24F2N2O3. The van der Waals surface area contributed by atoms with E-state index in [-0.39, 0.29) is 30.3 Å². The molecule has 1 aromatic carbocycles. The first-order valence-corrected chi connectivity index (χ1v) is 7.69. The van der Waals surface area contributed by atoms with Crippen molar-refractivity contribution in [3.05, 3.63) is 29.8 Å². The number of carbonyl (C=O) groups is 2. The average Bonchev–Trinajstić information content (AvgIpc) is 2.47. The van der Waals surface area contributed by atoms with Gasteiger partial charge in [-0.3, -0.25) is 9.59 Å². The molecule has 0 spiro atoms. The van der Waals surface area contributed by atoms with Gasteiger partial charge in [-0.15, -0.1) is 0 Å². The smallest absolute Gasteiger partial charge is 0.272 e. The minimum atomic E-state index is -2.54. The van der Waals surface area contributed by atoms with E-state index in [0.29, 0.717) is 12.2 Å². The topological polar surface area (TPSA) is 67.4 Å². The van der Waals surface area contributed by atoms with Crippen molar-refractivity contribution in [2.45, 2.75) is 40.2 Å². The predicted octanol–water partition coefficient (Wildman–Crippen LogP) is 2.50. The van der Waals surface area contributed by atoms with Crippen LogP contribution in [-0.2, 0) is 16.1 Å². The Bertz CT molecular complexity index is 557. The fourth-order valence-electron chi connectivity index (χ4n) is 1.89. The average molecular weight is 342 g/mol. The van der Waals surface area contributed by atoms with Crippen molar-refractivity contribution in [2.24, 2.45) is 5.41 Å². The first kappa shape index (κ1) is 19.9. The summed E-state index contributed by atoms with van der Waals surface area (Å²) in [5.41, 5.74) is 0.579. The molecule has 2 N–H and O–H groups in total.